The molecule has 0 aromatic heterocycles. The molecular weight excluding hydrogens is 300 g/mol. The number of benzene rings is 2. The molecule has 0 aliphatic heterocycles. The molecule has 2 aromatic carbocycles. The van der Waals surface area contributed by atoms with E-state index >= 15 is 0 Å². The van der Waals surface area contributed by atoms with Gasteiger partial charge in [0.1, 0.15) is 0 Å². The van der Waals surface area contributed by atoms with Gasteiger partial charge in [-0.25, -0.2) is 0 Å². The quantitative estimate of drug-likeness (QED) is 0.608. The highest BCUT2D eigenvalue weighted by molar-refractivity contribution is 6.00. The van der Waals surface area contributed by atoms with Crippen molar-refractivity contribution >= 4 is 11.8 Å². The van der Waals surface area contributed by atoms with Crippen molar-refractivity contribution in [2.45, 2.75) is 44.1 Å². The van der Waals surface area contributed by atoms with Crippen molar-refractivity contribution in [1.29, 1.82) is 0 Å². The number of carbonyl (C=O) groups excluding carboxylic acids is 2. The summed E-state index contributed by atoms with van der Waals surface area (Å²) >= 11 is 0. The molecule has 0 N–H and O–H groups in total. The van der Waals surface area contributed by atoms with Gasteiger partial charge < -0.3 is 4.74 Å². The minimum absolute atomic E-state index is 0.162. The summed E-state index contributed by atoms with van der Waals surface area (Å²) in [6.07, 6.45) is 2.79. The van der Waals surface area contributed by atoms with Crippen LogP contribution in [0.15, 0.2) is 60.7 Å². The predicted octanol–water partition coefficient (Wildman–Crippen LogP) is 4.31. The highest BCUT2D eigenvalue weighted by Gasteiger charge is 2.45. The fourth-order valence-electron chi connectivity index (χ4n) is 3.51. The summed E-state index contributed by atoms with van der Waals surface area (Å²) in [7, 11) is 0. The van der Waals surface area contributed by atoms with Gasteiger partial charge in [-0.05, 0) is 25.3 Å². The van der Waals surface area contributed by atoms with E-state index in [1.165, 1.54) is 0 Å². The molecule has 2 aromatic rings. The summed E-state index contributed by atoms with van der Waals surface area (Å²) in [6, 6.07) is 18.8. The Morgan fingerprint density at radius 2 is 1.46 bits per heavy atom. The lowest BCUT2D eigenvalue weighted by Crippen LogP contribution is -2.38. The van der Waals surface area contributed by atoms with E-state index in [1.54, 1.807) is 19.1 Å². The second-order valence-corrected chi connectivity index (χ2v) is 6.43. The van der Waals surface area contributed by atoms with Crippen LogP contribution in [0.25, 0.3) is 0 Å². The van der Waals surface area contributed by atoms with Crippen LogP contribution in [0.2, 0.25) is 0 Å². The minimum Gasteiger partial charge on any atom is -0.454 e. The van der Waals surface area contributed by atoms with Crippen molar-refractivity contribution in [2.75, 3.05) is 0 Å². The third-order valence-corrected chi connectivity index (χ3v) is 4.89. The van der Waals surface area contributed by atoms with Crippen LogP contribution in [-0.4, -0.2) is 17.9 Å². The van der Waals surface area contributed by atoms with Crippen LogP contribution in [-0.2, 0) is 14.9 Å². The predicted molar refractivity (Wildman–Crippen MR) is 92.9 cm³/mol. The van der Waals surface area contributed by atoms with Gasteiger partial charge >= 0.3 is 5.97 Å². The van der Waals surface area contributed by atoms with Gasteiger partial charge in [0.15, 0.2) is 6.10 Å². The van der Waals surface area contributed by atoms with Crippen LogP contribution in [0.5, 0.6) is 0 Å². The fourth-order valence-corrected chi connectivity index (χ4v) is 3.51. The van der Waals surface area contributed by atoms with Gasteiger partial charge in [0.25, 0.3) is 0 Å². The summed E-state index contributed by atoms with van der Waals surface area (Å²) in [5.74, 6) is -0.437. The minimum atomic E-state index is -0.777. The highest BCUT2D eigenvalue weighted by atomic mass is 16.5. The van der Waals surface area contributed by atoms with Crippen LogP contribution in [0.1, 0.15) is 48.5 Å². The number of rotatable bonds is 5. The lowest BCUT2D eigenvalue weighted by atomic mass is 9.79. The lowest BCUT2D eigenvalue weighted by molar-refractivity contribution is -0.153. The Hall–Kier alpha value is -2.42. The van der Waals surface area contributed by atoms with E-state index in [0.717, 1.165) is 31.2 Å². The van der Waals surface area contributed by atoms with Crippen LogP contribution < -0.4 is 0 Å². The Morgan fingerprint density at radius 3 is 2.04 bits per heavy atom. The number of esters is 1. The molecule has 1 fully saturated rings. The van der Waals surface area contributed by atoms with Crippen molar-refractivity contribution < 1.29 is 14.3 Å². The van der Waals surface area contributed by atoms with E-state index in [9.17, 15) is 9.59 Å². The van der Waals surface area contributed by atoms with E-state index in [1.807, 2.05) is 48.5 Å². The normalized spacial score (nSPS) is 17.2. The molecule has 24 heavy (non-hydrogen) atoms. The van der Waals surface area contributed by atoms with Crippen molar-refractivity contribution in [1.82, 2.24) is 0 Å². The molecule has 1 unspecified atom stereocenters. The number of carbonyl (C=O) groups is 2. The summed E-state index contributed by atoms with van der Waals surface area (Å²) in [5.41, 5.74) is 0.955. The van der Waals surface area contributed by atoms with Crippen molar-refractivity contribution in [3.8, 4) is 0 Å². The largest absolute Gasteiger partial charge is 0.454 e. The Bertz CT molecular complexity index is 700. The topological polar surface area (TPSA) is 43.4 Å². The van der Waals surface area contributed by atoms with E-state index in [-0.39, 0.29) is 11.8 Å². The molecule has 1 aliphatic rings. The Morgan fingerprint density at radius 1 is 0.917 bits per heavy atom. The molecule has 3 rings (SSSR count). The Balaban J connectivity index is 1.78. The molecule has 0 heterocycles. The van der Waals surface area contributed by atoms with Crippen LogP contribution in [0.4, 0.5) is 0 Å². The SMILES string of the molecule is CC(OC(=O)C1(c2ccccc2)CCCC1)C(=O)c1ccccc1. The van der Waals surface area contributed by atoms with Gasteiger partial charge in [-0.2, -0.15) is 0 Å². The summed E-state index contributed by atoms with van der Waals surface area (Å²) in [4.78, 5) is 25.4. The second kappa shape index (κ2) is 7.00. The molecule has 3 nitrogen and oxygen atoms in total. The van der Waals surface area contributed by atoms with E-state index in [4.69, 9.17) is 4.74 Å². The monoisotopic (exact) mass is 322 g/mol. The van der Waals surface area contributed by atoms with Gasteiger partial charge in [-0.15, -0.1) is 0 Å². The first-order valence-electron chi connectivity index (χ1n) is 8.49. The molecule has 0 radical (unpaired) electrons. The van der Waals surface area contributed by atoms with Gasteiger partial charge in [0.2, 0.25) is 5.78 Å². The highest BCUT2D eigenvalue weighted by Crippen LogP contribution is 2.42. The smallest absolute Gasteiger partial charge is 0.317 e. The molecule has 1 saturated carbocycles. The maximum atomic E-state index is 12.9. The van der Waals surface area contributed by atoms with Crippen LogP contribution >= 0.6 is 0 Å². The zero-order valence-corrected chi connectivity index (χ0v) is 13.9. The number of hydrogen-bond acceptors (Lipinski definition) is 3. The first kappa shape index (κ1) is 16.4. The Kier molecular flexibility index (Phi) is 4.79. The lowest BCUT2D eigenvalue weighted by Gasteiger charge is -2.28. The van der Waals surface area contributed by atoms with Crippen molar-refractivity contribution in [2.24, 2.45) is 0 Å². The zero-order chi connectivity index (χ0) is 17.0. The molecule has 1 atom stereocenters. The fraction of sp³-hybridized carbons (Fsp3) is 0.333. The van der Waals surface area contributed by atoms with E-state index in [0.29, 0.717) is 5.56 Å². The molecule has 0 amide bonds. The number of ether oxygens (including phenoxy) is 1. The van der Waals surface area contributed by atoms with Crippen LogP contribution in [0.3, 0.4) is 0 Å². The van der Waals surface area contributed by atoms with E-state index < -0.39 is 11.5 Å². The first-order valence-corrected chi connectivity index (χ1v) is 8.49. The molecule has 0 saturated heterocycles. The van der Waals surface area contributed by atoms with Gasteiger partial charge in [0.05, 0.1) is 5.41 Å². The third kappa shape index (κ3) is 3.12. The van der Waals surface area contributed by atoms with Crippen molar-refractivity contribution in [3.63, 3.8) is 0 Å². The first-order chi connectivity index (χ1) is 11.6. The summed E-state index contributed by atoms with van der Waals surface area (Å²) in [5, 5.41) is 0. The van der Waals surface area contributed by atoms with Gasteiger partial charge in [0, 0.05) is 5.56 Å². The maximum absolute atomic E-state index is 12.9. The molecule has 0 bridgehead atoms. The molecule has 0 spiro atoms. The maximum Gasteiger partial charge on any atom is 0.317 e. The average molecular weight is 322 g/mol. The molecule has 124 valence electrons. The number of Topliss-reactive ketones (excluding diaryl/α,β-unsaturated/α-hetero) is 1. The molecular formula is C21H22O3. The standard InChI is InChI=1S/C21H22O3/c1-16(19(22)17-10-4-2-5-11-17)24-20(23)21(14-8-9-15-21)18-12-6-3-7-13-18/h2-7,10-13,16H,8-9,14-15H2,1H3. The number of ketones is 1. The third-order valence-electron chi connectivity index (χ3n) is 4.89. The second-order valence-electron chi connectivity index (χ2n) is 6.43. The van der Waals surface area contributed by atoms with Gasteiger partial charge in [-0.1, -0.05) is 73.5 Å². The number of hydrogen-bond donors (Lipinski definition) is 0. The van der Waals surface area contributed by atoms with Gasteiger partial charge in [-0.3, -0.25) is 9.59 Å². The zero-order valence-electron chi connectivity index (χ0n) is 13.9. The average Bonchev–Trinajstić information content (AvgIpc) is 3.13. The van der Waals surface area contributed by atoms with Crippen molar-refractivity contribution in [3.05, 3.63) is 71.8 Å². The van der Waals surface area contributed by atoms with E-state index in [2.05, 4.69) is 0 Å². The Labute approximate surface area is 142 Å². The van der Waals surface area contributed by atoms with Crippen LogP contribution in [0, 0.1) is 0 Å². The summed E-state index contributed by atoms with van der Waals surface area (Å²) in [6.45, 7) is 1.65. The summed E-state index contributed by atoms with van der Waals surface area (Å²) < 4.78 is 5.62. The molecule has 3 heteroatoms. The molecule has 1 aliphatic carbocycles.